The van der Waals surface area contributed by atoms with Gasteiger partial charge in [-0.3, -0.25) is 0 Å². The second kappa shape index (κ2) is 12.0. The van der Waals surface area contributed by atoms with Crippen LogP contribution in [0.25, 0.3) is 3.59 Å². The van der Waals surface area contributed by atoms with Crippen molar-refractivity contribution in [2.24, 2.45) is 0 Å². The van der Waals surface area contributed by atoms with E-state index >= 15 is 0 Å². The van der Waals surface area contributed by atoms with Gasteiger partial charge >= 0.3 is 174 Å². The number of hydrogen-bond acceptors (Lipinski definition) is 0. The fraction of sp³-hybridized carbons (Fsp3) is 0.652. The minimum absolute atomic E-state index is 0.859. The van der Waals surface area contributed by atoms with Gasteiger partial charge in [0.15, 0.2) is 0 Å². The third kappa shape index (κ3) is 8.10. The first-order valence-electron chi connectivity index (χ1n) is 10.8. The molecular weight excluding hydrogens is 459 g/mol. The van der Waals surface area contributed by atoms with E-state index in [1.165, 1.54) is 57.4 Å². The quantitative estimate of drug-likeness (QED) is 0.252. The molecule has 0 aliphatic carbocycles. The Bertz CT molecular complexity index is 521. The first-order valence-corrected chi connectivity index (χ1v) is 22.2. The zero-order chi connectivity index (χ0) is 19.6. The average molecular weight is 500 g/mol. The Morgan fingerprint density at radius 3 is 1.62 bits per heavy atom. The Morgan fingerprint density at radius 2 is 1.27 bits per heavy atom. The van der Waals surface area contributed by atoms with Gasteiger partial charge in [-0.15, -0.1) is 0 Å². The Balaban J connectivity index is 3.49. The van der Waals surface area contributed by atoms with E-state index in [0.717, 1.165) is 5.02 Å². The predicted molar refractivity (Wildman–Crippen MR) is 128 cm³/mol. The van der Waals surface area contributed by atoms with E-state index in [-0.39, 0.29) is 0 Å². The van der Waals surface area contributed by atoms with Crippen LogP contribution in [0.1, 0.15) is 64.9 Å². The van der Waals surface area contributed by atoms with Gasteiger partial charge in [-0.05, 0) is 0 Å². The summed E-state index contributed by atoms with van der Waals surface area (Å²) in [4.78, 5) is 0. The minimum atomic E-state index is -2.44. The van der Waals surface area contributed by atoms with E-state index in [1.54, 1.807) is 0 Å². The molecule has 0 radical (unpaired) electrons. The Kier molecular flexibility index (Phi) is 11.2. The molecule has 148 valence electrons. The van der Waals surface area contributed by atoms with E-state index in [2.05, 4.69) is 70.4 Å². The van der Waals surface area contributed by atoms with Gasteiger partial charge in [0.25, 0.3) is 0 Å². The molecule has 1 aromatic rings. The third-order valence-electron chi connectivity index (χ3n) is 5.33. The molecule has 26 heavy (non-hydrogen) atoms. The van der Waals surface area contributed by atoms with Crippen molar-refractivity contribution in [2.75, 3.05) is 0 Å². The molecule has 0 N–H and O–H groups in total. The number of unbranched alkanes of at least 4 members (excludes halogenated alkanes) is 3. The maximum atomic E-state index is 6.22. The number of benzene rings is 1. The molecule has 1 rings (SSSR count). The molecule has 0 heterocycles. The molecule has 0 fully saturated rings. The van der Waals surface area contributed by atoms with Gasteiger partial charge < -0.3 is 0 Å². The molecule has 0 atom stereocenters. The fourth-order valence-corrected chi connectivity index (χ4v) is 27.2. The van der Waals surface area contributed by atoms with Crippen LogP contribution in [0, 0.1) is 0 Å². The monoisotopic (exact) mass is 500 g/mol. The number of halogens is 1. The van der Waals surface area contributed by atoms with Crippen LogP contribution in [0.4, 0.5) is 0 Å². The van der Waals surface area contributed by atoms with E-state index in [4.69, 9.17) is 11.6 Å². The van der Waals surface area contributed by atoms with Crippen molar-refractivity contribution < 1.29 is 0 Å². The van der Waals surface area contributed by atoms with Gasteiger partial charge in [0.1, 0.15) is 0 Å². The van der Waals surface area contributed by atoms with Gasteiger partial charge in [0.05, 0.1) is 0 Å². The van der Waals surface area contributed by atoms with E-state index in [9.17, 15) is 0 Å². The van der Waals surface area contributed by atoms with Gasteiger partial charge in [-0.1, -0.05) is 0 Å². The van der Waals surface area contributed by atoms with E-state index in [1.807, 2.05) is 3.59 Å². The Hall–Kier alpha value is 0.266. The van der Waals surface area contributed by atoms with Gasteiger partial charge in [-0.25, -0.2) is 0 Å². The summed E-state index contributed by atoms with van der Waals surface area (Å²) in [6.45, 7) is 14.6. The molecule has 0 spiro atoms. The van der Waals surface area contributed by atoms with Crippen molar-refractivity contribution in [1.82, 2.24) is 0 Å². The molecule has 0 bridgehead atoms. The van der Waals surface area contributed by atoms with Crippen molar-refractivity contribution in [3.05, 3.63) is 40.6 Å². The maximum absolute atomic E-state index is 6.22. The van der Waals surface area contributed by atoms with Crippen LogP contribution in [0.3, 0.4) is 0 Å². The molecule has 0 aliphatic heterocycles. The molecule has 0 amide bonds. The number of hydrogen-bond donors (Lipinski definition) is 0. The third-order valence-corrected chi connectivity index (χ3v) is 23.3. The van der Waals surface area contributed by atoms with Crippen molar-refractivity contribution in [1.29, 1.82) is 0 Å². The Morgan fingerprint density at radius 1 is 0.846 bits per heavy atom. The molecule has 0 saturated heterocycles. The van der Waals surface area contributed by atoms with Crippen molar-refractivity contribution in [3.8, 4) is 0 Å². The normalized spacial score (nSPS) is 13.3. The average Bonchev–Trinajstić information content (AvgIpc) is 2.60. The van der Waals surface area contributed by atoms with Crippen LogP contribution < -0.4 is 0 Å². The summed E-state index contributed by atoms with van der Waals surface area (Å²) in [5.74, 6) is 0. The van der Waals surface area contributed by atoms with Crippen LogP contribution in [-0.2, 0) is 0 Å². The van der Waals surface area contributed by atoms with Crippen molar-refractivity contribution in [2.45, 2.75) is 92.2 Å². The van der Waals surface area contributed by atoms with E-state index < -0.39 is 26.5 Å². The van der Waals surface area contributed by atoms with Gasteiger partial charge in [0.2, 0.25) is 0 Å². The topological polar surface area (TPSA) is 0 Å². The number of rotatable bonds is 12. The SMILES string of the molecule is CCC[CH2][Sn]([CH2]CCC)([CH2]CCC)/[C](=C\[Si](C)(C)C)c1ccc(Cl)cc1. The van der Waals surface area contributed by atoms with Crippen LogP contribution >= 0.6 is 11.6 Å². The summed E-state index contributed by atoms with van der Waals surface area (Å²) < 4.78 is 6.43. The summed E-state index contributed by atoms with van der Waals surface area (Å²) in [5, 5.41) is 0.859. The van der Waals surface area contributed by atoms with Crippen LogP contribution in [-0.4, -0.2) is 26.5 Å². The van der Waals surface area contributed by atoms with E-state index in [0.29, 0.717) is 0 Å². The Labute approximate surface area is 173 Å². The summed E-state index contributed by atoms with van der Waals surface area (Å²) in [6.07, 6.45) is 8.24. The summed E-state index contributed by atoms with van der Waals surface area (Å²) in [5.41, 5.74) is 4.28. The first kappa shape index (κ1) is 24.3. The second-order valence-electron chi connectivity index (χ2n) is 9.02. The zero-order valence-electron chi connectivity index (χ0n) is 18.1. The summed E-state index contributed by atoms with van der Waals surface area (Å²) in [6, 6.07) is 8.82. The summed E-state index contributed by atoms with van der Waals surface area (Å²) in [7, 11) is -1.29. The first-order chi connectivity index (χ1) is 12.3. The van der Waals surface area contributed by atoms with Gasteiger partial charge in [-0.2, -0.15) is 0 Å². The second-order valence-corrected chi connectivity index (χ2v) is 27.6. The standard InChI is InChI=1S/C11H14ClSi.3C4H9.Sn/c1-13(2,3)9-8-10-4-6-11(12)7-5-10;3*1-3-4-2;/h4-7,9H,1-3H3;3*1,3-4H2,2H3;. The summed E-state index contributed by atoms with van der Waals surface area (Å²) >= 11 is 3.78. The van der Waals surface area contributed by atoms with Crippen molar-refractivity contribution in [3.63, 3.8) is 0 Å². The van der Waals surface area contributed by atoms with Crippen LogP contribution in [0.2, 0.25) is 38.0 Å². The zero-order valence-corrected chi connectivity index (χ0v) is 22.7. The van der Waals surface area contributed by atoms with Crippen LogP contribution in [0.5, 0.6) is 0 Å². The van der Waals surface area contributed by atoms with Crippen molar-refractivity contribution >= 4 is 41.6 Å². The molecule has 0 nitrogen and oxygen atoms in total. The molecule has 0 unspecified atom stereocenters. The van der Waals surface area contributed by atoms with Gasteiger partial charge in [0, 0.05) is 0 Å². The molecule has 0 saturated carbocycles. The molecule has 1 aromatic carbocycles. The molecular formula is C23H41ClSiSn. The van der Waals surface area contributed by atoms with Crippen LogP contribution in [0.15, 0.2) is 30.0 Å². The fourth-order valence-electron chi connectivity index (χ4n) is 3.93. The predicted octanol–water partition coefficient (Wildman–Crippen LogP) is 8.99. The molecule has 0 aliphatic rings. The molecule has 0 aromatic heterocycles. The molecule has 3 heteroatoms.